The summed E-state index contributed by atoms with van der Waals surface area (Å²) in [4.78, 5) is 4.48. The van der Waals surface area contributed by atoms with Gasteiger partial charge in [0.05, 0.1) is 8.07 Å². The van der Waals surface area contributed by atoms with Gasteiger partial charge in [0.25, 0.3) is 0 Å². The van der Waals surface area contributed by atoms with E-state index in [1.807, 2.05) is 6.26 Å². The number of anilines is 1. The fraction of sp³-hybridized carbons (Fsp3) is 0.786. The van der Waals surface area contributed by atoms with E-state index in [1.54, 1.807) is 12.4 Å². The Balaban J connectivity index is 2.34. The summed E-state index contributed by atoms with van der Waals surface area (Å²) in [5, 5.41) is 0. The first kappa shape index (κ1) is 14.8. The highest BCUT2D eigenvalue weighted by atomic mass is 28.3. The number of rotatable bonds is 5. The molecule has 1 fully saturated rings. The van der Waals surface area contributed by atoms with E-state index in [-0.39, 0.29) is 0 Å². The largest absolute Gasteiger partial charge is 0.450 e. The molecule has 0 unspecified atom stereocenters. The molecule has 108 valence electrons. The average molecular weight is 297 g/mol. The van der Waals surface area contributed by atoms with Crippen molar-refractivity contribution in [2.24, 2.45) is 0 Å². The van der Waals surface area contributed by atoms with Crippen LogP contribution in [0.15, 0.2) is 17.1 Å². The standard InChI is InChI=1S/C14H28N2OSi2/c1-5-18(6-2)9-10-19(7-3,8-4)16(13-18)14-11-17-12-15-14/h11-12H,5-10,13H2,1-4H3. The minimum Gasteiger partial charge on any atom is -0.450 e. The van der Waals surface area contributed by atoms with Gasteiger partial charge in [-0.2, -0.15) is 0 Å². The van der Waals surface area contributed by atoms with Gasteiger partial charge in [-0.1, -0.05) is 45.8 Å². The summed E-state index contributed by atoms with van der Waals surface area (Å²) in [7, 11) is -2.43. The molecule has 0 spiro atoms. The summed E-state index contributed by atoms with van der Waals surface area (Å²) >= 11 is 0. The van der Waals surface area contributed by atoms with Crippen molar-refractivity contribution in [2.45, 2.75) is 64.0 Å². The second kappa shape index (κ2) is 5.83. The molecule has 0 bridgehead atoms. The zero-order valence-electron chi connectivity index (χ0n) is 12.9. The Labute approximate surface area is 119 Å². The number of hydrogen-bond acceptors (Lipinski definition) is 3. The minimum absolute atomic E-state index is 1.09. The maximum absolute atomic E-state index is 5.27. The predicted molar refractivity (Wildman–Crippen MR) is 86.9 cm³/mol. The molecular weight excluding hydrogens is 268 g/mol. The summed E-state index contributed by atoms with van der Waals surface area (Å²) < 4.78 is 8.01. The molecule has 1 aliphatic rings. The Morgan fingerprint density at radius 2 is 1.79 bits per heavy atom. The van der Waals surface area contributed by atoms with Crippen LogP contribution in [0, 0.1) is 0 Å². The molecule has 1 aromatic rings. The lowest BCUT2D eigenvalue weighted by atomic mass is 10.8. The van der Waals surface area contributed by atoms with Crippen molar-refractivity contribution in [2.75, 3.05) is 10.7 Å². The second-order valence-electron chi connectivity index (χ2n) is 6.07. The summed E-state index contributed by atoms with van der Waals surface area (Å²) in [6.07, 6.45) is 4.78. The topological polar surface area (TPSA) is 29.3 Å². The number of aromatic nitrogens is 1. The van der Waals surface area contributed by atoms with Gasteiger partial charge in [0, 0.05) is 6.17 Å². The molecule has 0 amide bonds. The van der Waals surface area contributed by atoms with Crippen molar-refractivity contribution < 1.29 is 4.42 Å². The van der Waals surface area contributed by atoms with Gasteiger partial charge in [0.2, 0.25) is 0 Å². The van der Waals surface area contributed by atoms with Crippen LogP contribution in [0.3, 0.4) is 0 Å². The molecule has 0 aliphatic carbocycles. The summed E-state index contributed by atoms with van der Waals surface area (Å²) in [6, 6.07) is 8.52. The van der Waals surface area contributed by atoms with E-state index in [1.165, 1.54) is 36.4 Å². The van der Waals surface area contributed by atoms with E-state index in [0.29, 0.717) is 0 Å². The lowest BCUT2D eigenvalue weighted by Crippen LogP contribution is -2.64. The highest BCUT2D eigenvalue weighted by molar-refractivity contribution is 6.92. The van der Waals surface area contributed by atoms with Crippen molar-refractivity contribution in [1.29, 1.82) is 0 Å². The minimum atomic E-state index is -1.34. The maximum Gasteiger partial charge on any atom is 0.182 e. The van der Waals surface area contributed by atoms with Crippen LogP contribution in [0.2, 0.25) is 36.3 Å². The van der Waals surface area contributed by atoms with Crippen molar-refractivity contribution in [1.82, 2.24) is 4.98 Å². The molecule has 19 heavy (non-hydrogen) atoms. The SMILES string of the molecule is CC[Si]1(CC)CC[Si](CC)(CC)N(c2cocn2)C1. The van der Waals surface area contributed by atoms with E-state index in [2.05, 4.69) is 37.2 Å². The van der Waals surface area contributed by atoms with Crippen LogP contribution >= 0.6 is 0 Å². The summed E-state index contributed by atoms with van der Waals surface area (Å²) in [5.41, 5.74) is 0. The van der Waals surface area contributed by atoms with Crippen LogP contribution in [0.4, 0.5) is 5.82 Å². The average Bonchev–Trinajstić information content (AvgIpc) is 3.00. The molecule has 5 heteroatoms. The van der Waals surface area contributed by atoms with Gasteiger partial charge in [-0.15, -0.1) is 0 Å². The van der Waals surface area contributed by atoms with Gasteiger partial charge in [0.15, 0.2) is 20.4 Å². The molecule has 1 saturated heterocycles. The Morgan fingerprint density at radius 3 is 2.26 bits per heavy atom. The third-order valence-electron chi connectivity index (χ3n) is 5.70. The molecule has 0 aromatic carbocycles. The van der Waals surface area contributed by atoms with Gasteiger partial charge < -0.3 is 8.98 Å². The van der Waals surface area contributed by atoms with E-state index in [0.717, 1.165) is 5.82 Å². The van der Waals surface area contributed by atoms with Gasteiger partial charge in [-0.3, -0.25) is 0 Å². The molecule has 2 rings (SSSR count). The zero-order valence-corrected chi connectivity index (χ0v) is 14.9. The number of oxazole rings is 1. The summed E-state index contributed by atoms with van der Waals surface area (Å²) in [5.74, 6) is 1.12. The Hall–Kier alpha value is -0.556. The van der Waals surface area contributed by atoms with Crippen LogP contribution < -0.4 is 4.57 Å². The lowest BCUT2D eigenvalue weighted by molar-refractivity contribution is 0.558. The molecule has 1 aromatic heterocycles. The first-order valence-corrected chi connectivity index (χ1v) is 13.2. The van der Waals surface area contributed by atoms with E-state index in [4.69, 9.17) is 4.42 Å². The molecule has 0 atom stereocenters. The second-order valence-corrected chi connectivity index (χ2v) is 16.2. The lowest BCUT2D eigenvalue weighted by Gasteiger charge is -2.52. The van der Waals surface area contributed by atoms with Crippen LogP contribution in [0.1, 0.15) is 27.7 Å². The quantitative estimate of drug-likeness (QED) is 0.749. The molecule has 2 heterocycles. The Morgan fingerprint density at radius 1 is 1.11 bits per heavy atom. The van der Waals surface area contributed by atoms with E-state index in [9.17, 15) is 0 Å². The Kier molecular flexibility index (Phi) is 4.55. The van der Waals surface area contributed by atoms with Crippen molar-refractivity contribution in [3.05, 3.63) is 12.7 Å². The van der Waals surface area contributed by atoms with Gasteiger partial charge in [-0.25, -0.2) is 4.98 Å². The normalized spacial score (nSPS) is 21.6. The van der Waals surface area contributed by atoms with Crippen molar-refractivity contribution >= 4 is 22.1 Å². The van der Waals surface area contributed by atoms with Crippen LogP contribution in [-0.2, 0) is 0 Å². The van der Waals surface area contributed by atoms with Gasteiger partial charge >= 0.3 is 0 Å². The maximum atomic E-state index is 5.27. The van der Waals surface area contributed by atoms with Crippen LogP contribution in [-0.4, -0.2) is 27.5 Å². The molecule has 0 saturated carbocycles. The van der Waals surface area contributed by atoms with Gasteiger partial charge in [-0.05, 0) is 18.1 Å². The molecule has 3 nitrogen and oxygen atoms in total. The van der Waals surface area contributed by atoms with Crippen molar-refractivity contribution in [3.63, 3.8) is 0 Å². The third kappa shape index (κ3) is 2.54. The van der Waals surface area contributed by atoms with Crippen LogP contribution in [0.25, 0.3) is 0 Å². The molecule has 0 radical (unpaired) electrons. The number of nitrogens with zero attached hydrogens (tertiary/aromatic N) is 2. The van der Waals surface area contributed by atoms with Gasteiger partial charge in [0.1, 0.15) is 6.26 Å². The first-order valence-electron chi connectivity index (χ1n) is 7.81. The smallest absolute Gasteiger partial charge is 0.182 e. The summed E-state index contributed by atoms with van der Waals surface area (Å²) in [6.45, 7) is 9.58. The zero-order chi connectivity index (χ0) is 13.9. The molecule has 0 N–H and O–H groups in total. The predicted octanol–water partition coefficient (Wildman–Crippen LogP) is 4.51. The number of hydrogen-bond donors (Lipinski definition) is 0. The first-order chi connectivity index (χ1) is 9.15. The third-order valence-corrected chi connectivity index (χ3v) is 17.2. The Bertz CT molecular complexity index is 386. The fourth-order valence-electron chi connectivity index (χ4n) is 3.69. The monoisotopic (exact) mass is 296 g/mol. The van der Waals surface area contributed by atoms with E-state index < -0.39 is 16.3 Å². The fourth-order valence-corrected chi connectivity index (χ4v) is 15.5. The highest BCUT2D eigenvalue weighted by Gasteiger charge is 2.47. The molecular formula is C14H28N2OSi2. The highest BCUT2D eigenvalue weighted by Crippen LogP contribution is 2.41. The molecule has 1 aliphatic heterocycles. The van der Waals surface area contributed by atoms with Crippen LogP contribution in [0.5, 0.6) is 0 Å². The van der Waals surface area contributed by atoms with E-state index >= 15 is 0 Å². The van der Waals surface area contributed by atoms with Crippen molar-refractivity contribution in [3.8, 4) is 0 Å².